The average molecular weight is 742 g/mol. The van der Waals surface area contributed by atoms with E-state index in [0.717, 1.165) is 61.5 Å². The third kappa shape index (κ3) is 5.02. The van der Waals surface area contributed by atoms with Crippen LogP contribution in [0, 0.1) is 0 Å². The van der Waals surface area contributed by atoms with Gasteiger partial charge in [-0.1, -0.05) is 109 Å². The van der Waals surface area contributed by atoms with E-state index < -0.39 is 0 Å². The molecule has 58 heavy (non-hydrogen) atoms. The highest BCUT2D eigenvalue weighted by molar-refractivity contribution is 6.10. The largest absolute Gasteiger partial charge is 0.456 e. The zero-order chi connectivity index (χ0) is 38.2. The Morgan fingerprint density at radius 2 is 0.724 bits per heavy atom. The summed E-state index contributed by atoms with van der Waals surface area (Å²) in [6, 6.07) is 76.3. The molecule has 0 aliphatic heterocycles. The molecule has 0 fully saturated rings. The molecule has 272 valence electrons. The molecular weight excluding hydrogens is 707 g/mol. The van der Waals surface area contributed by atoms with Crippen LogP contribution in [0.15, 0.2) is 217 Å². The molecule has 4 nitrogen and oxygen atoms in total. The average Bonchev–Trinajstić information content (AvgIpc) is 3.95. The van der Waals surface area contributed by atoms with Crippen LogP contribution in [0.5, 0.6) is 0 Å². The predicted molar refractivity (Wildman–Crippen MR) is 243 cm³/mol. The Morgan fingerprint density at radius 3 is 1.24 bits per heavy atom. The minimum absolute atomic E-state index is 0.898. The molecule has 0 radical (unpaired) electrons. The number of para-hydroxylation sites is 5. The molecule has 12 rings (SSSR count). The van der Waals surface area contributed by atoms with Crippen molar-refractivity contribution in [3.63, 3.8) is 0 Å². The molecular formula is C54H35N3O. The Morgan fingerprint density at radius 1 is 0.293 bits per heavy atom. The van der Waals surface area contributed by atoms with E-state index in [9.17, 15) is 0 Å². The molecule has 0 saturated heterocycles. The number of fused-ring (bicyclic) bond motifs is 9. The van der Waals surface area contributed by atoms with Gasteiger partial charge >= 0.3 is 0 Å². The summed E-state index contributed by atoms with van der Waals surface area (Å²) in [5, 5.41) is 7.27. The van der Waals surface area contributed by atoms with Crippen LogP contribution in [0.2, 0.25) is 0 Å². The van der Waals surface area contributed by atoms with Crippen molar-refractivity contribution in [1.29, 1.82) is 0 Å². The highest BCUT2D eigenvalue weighted by atomic mass is 16.3. The maximum absolute atomic E-state index is 6.18. The number of nitrogens with zero attached hydrogens (tertiary/aromatic N) is 3. The normalized spacial score (nSPS) is 11.8. The van der Waals surface area contributed by atoms with Crippen LogP contribution < -0.4 is 4.90 Å². The Balaban J connectivity index is 1.00. The molecule has 9 aromatic carbocycles. The van der Waals surface area contributed by atoms with Gasteiger partial charge in [0.25, 0.3) is 0 Å². The summed E-state index contributed by atoms with van der Waals surface area (Å²) in [6.45, 7) is 0. The second-order valence-electron chi connectivity index (χ2n) is 15.0. The van der Waals surface area contributed by atoms with Gasteiger partial charge in [0, 0.05) is 60.8 Å². The summed E-state index contributed by atoms with van der Waals surface area (Å²) in [5.41, 5.74) is 14.3. The van der Waals surface area contributed by atoms with Gasteiger partial charge in [0.05, 0.1) is 22.1 Å². The summed E-state index contributed by atoms with van der Waals surface area (Å²) in [5.74, 6) is 0. The molecule has 0 unspecified atom stereocenters. The van der Waals surface area contributed by atoms with Crippen molar-refractivity contribution in [2.75, 3.05) is 4.90 Å². The number of anilines is 3. The Hall–Kier alpha value is -7.82. The van der Waals surface area contributed by atoms with Gasteiger partial charge in [-0.3, -0.25) is 0 Å². The van der Waals surface area contributed by atoms with Crippen molar-refractivity contribution in [2.45, 2.75) is 0 Å². The third-order valence-corrected chi connectivity index (χ3v) is 11.7. The first-order valence-electron chi connectivity index (χ1n) is 19.8. The summed E-state index contributed by atoms with van der Waals surface area (Å²) < 4.78 is 10.9. The fraction of sp³-hybridized carbons (Fsp3) is 0. The van der Waals surface area contributed by atoms with E-state index in [1.165, 1.54) is 43.6 Å². The zero-order valence-electron chi connectivity index (χ0n) is 31.5. The van der Waals surface area contributed by atoms with Crippen LogP contribution in [0.4, 0.5) is 17.1 Å². The smallest absolute Gasteiger partial charge is 0.135 e. The van der Waals surface area contributed by atoms with Crippen molar-refractivity contribution in [3.8, 4) is 22.5 Å². The molecule has 3 aromatic heterocycles. The minimum atomic E-state index is 0.898. The third-order valence-electron chi connectivity index (χ3n) is 11.7. The number of aromatic nitrogens is 2. The van der Waals surface area contributed by atoms with Gasteiger partial charge in [-0.25, -0.2) is 0 Å². The van der Waals surface area contributed by atoms with Gasteiger partial charge in [0.2, 0.25) is 0 Å². The van der Waals surface area contributed by atoms with Gasteiger partial charge in [-0.15, -0.1) is 0 Å². The second kappa shape index (κ2) is 12.9. The highest BCUT2D eigenvalue weighted by Gasteiger charge is 2.18. The van der Waals surface area contributed by atoms with E-state index in [-0.39, 0.29) is 0 Å². The predicted octanol–water partition coefficient (Wildman–Crippen LogP) is 14.9. The fourth-order valence-corrected chi connectivity index (χ4v) is 9.08. The zero-order valence-corrected chi connectivity index (χ0v) is 31.5. The van der Waals surface area contributed by atoms with Crippen LogP contribution >= 0.6 is 0 Å². The fourth-order valence-electron chi connectivity index (χ4n) is 9.08. The maximum Gasteiger partial charge on any atom is 0.135 e. The number of rotatable bonds is 6. The second-order valence-corrected chi connectivity index (χ2v) is 15.0. The number of furan rings is 1. The van der Waals surface area contributed by atoms with E-state index in [4.69, 9.17) is 4.42 Å². The van der Waals surface area contributed by atoms with Crippen molar-refractivity contribution in [1.82, 2.24) is 9.13 Å². The molecule has 0 aliphatic rings. The Kier molecular flexibility index (Phi) is 7.20. The molecule has 3 heterocycles. The lowest BCUT2D eigenvalue weighted by Gasteiger charge is -2.26. The molecule has 0 saturated carbocycles. The van der Waals surface area contributed by atoms with Gasteiger partial charge in [-0.2, -0.15) is 0 Å². The molecule has 12 aromatic rings. The number of benzene rings is 9. The van der Waals surface area contributed by atoms with E-state index in [2.05, 4.69) is 214 Å². The molecule has 0 bridgehead atoms. The molecule has 0 aliphatic carbocycles. The van der Waals surface area contributed by atoms with Crippen LogP contribution in [-0.4, -0.2) is 9.13 Å². The van der Waals surface area contributed by atoms with Gasteiger partial charge in [0.15, 0.2) is 0 Å². The monoisotopic (exact) mass is 741 g/mol. The summed E-state index contributed by atoms with van der Waals surface area (Å²) >= 11 is 0. The maximum atomic E-state index is 6.18. The first-order chi connectivity index (χ1) is 28.8. The van der Waals surface area contributed by atoms with Gasteiger partial charge in [0.1, 0.15) is 11.2 Å². The lowest BCUT2D eigenvalue weighted by molar-refractivity contribution is 0.669. The van der Waals surface area contributed by atoms with Crippen LogP contribution in [0.3, 0.4) is 0 Å². The molecule has 4 heteroatoms. The first-order valence-corrected chi connectivity index (χ1v) is 19.8. The minimum Gasteiger partial charge on any atom is -0.456 e. The molecule has 0 N–H and O–H groups in total. The number of hydrogen-bond donors (Lipinski definition) is 0. The van der Waals surface area contributed by atoms with Gasteiger partial charge in [-0.05, 0) is 114 Å². The number of hydrogen-bond acceptors (Lipinski definition) is 2. The summed E-state index contributed by atoms with van der Waals surface area (Å²) in [4.78, 5) is 2.36. The van der Waals surface area contributed by atoms with Gasteiger partial charge < -0.3 is 18.5 Å². The quantitative estimate of drug-likeness (QED) is 0.170. The first kappa shape index (κ1) is 32.4. The van der Waals surface area contributed by atoms with Crippen LogP contribution in [0.1, 0.15) is 0 Å². The van der Waals surface area contributed by atoms with Crippen LogP contribution in [0.25, 0.3) is 88.1 Å². The molecule has 0 atom stereocenters. The van der Waals surface area contributed by atoms with E-state index in [0.29, 0.717) is 0 Å². The van der Waals surface area contributed by atoms with Crippen molar-refractivity contribution in [3.05, 3.63) is 212 Å². The van der Waals surface area contributed by atoms with Crippen molar-refractivity contribution >= 4 is 82.6 Å². The van der Waals surface area contributed by atoms with E-state index >= 15 is 0 Å². The lowest BCUT2D eigenvalue weighted by atomic mass is 10.0. The van der Waals surface area contributed by atoms with Crippen LogP contribution in [-0.2, 0) is 0 Å². The topological polar surface area (TPSA) is 26.2 Å². The lowest BCUT2D eigenvalue weighted by Crippen LogP contribution is -2.10. The SMILES string of the molecule is c1cc(-c2ccc3oc4ccccc4c3c2)cc(N(c2ccc(-n3c4ccccc4c4ccccc43)cc2)c2ccc(-n3c4ccccc4c4ccccc43)cc2)c1. The Bertz CT molecular complexity index is 3250. The van der Waals surface area contributed by atoms with E-state index in [1.54, 1.807) is 0 Å². The highest BCUT2D eigenvalue weighted by Crippen LogP contribution is 2.40. The summed E-state index contributed by atoms with van der Waals surface area (Å²) in [7, 11) is 0. The standard InChI is InChI=1S/C54H35N3O/c1-6-19-49-43(14-1)44-15-2-7-20-50(44)56(49)40-29-25-38(26-30-40)55(39-27-31-41(32-28-39)57-51-21-8-3-16-45(51)46-17-4-9-22-52(46)57)42-13-11-12-36(34-42)37-24-33-54-48(35-37)47-18-5-10-23-53(47)58-54/h1-35H. The van der Waals surface area contributed by atoms with Crippen molar-refractivity contribution in [2.24, 2.45) is 0 Å². The Labute approximate surface area is 334 Å². The van der Waals surface area contributed by atoms with E-state index in [1.807, 2.05) is 12.1 Å². The summed E-state index contributed by atoms with van der Waals surface area (Å²) in [6.07, 6.45) is 0. The molecule has 0 amide bonds. The van der Waals surface area contributed by atoms with Crippen molar-refractivity contribution < 1.29 is 4.42 Å². The molecule has 0 spiro atoms.